The van der Waals surface area contributed by atoms with E-state index in [0.29, 0.717) is 28.5 Å². The van der Waals surface area contributed by atoms with Gasteiger partial charge >= 0.3 is 0 Å². The molecule has 3 rings (SSSR count). The number of primary sulfonamides is 1. The highest BCUT2D eigenvalue weighted by atomic mass is 35.5. The van der Waals surface area contributed by atoms with Crippen molar-refractivity contribution in [1.82, 2.24) is 9.78 Å². The molecule has 0 aliphatic carbocycles. The fourth-order valence-corrected chi connectivity index (χ4v) is 3.50. The molecule has 0 amide bonds. The van der Waals surface area contributed by atoms with E-state index in [1.165, 1.54) is 12.1 Å². The van der Waals surface area contributed by atoms with E-state index in [-0.39, 0.29) is 11.5 Å². The molecule has 140 valence electrons. The monoisotopic (exact) mass is 403 g/mol. The molecule has 0 saturated heterocycles. The summed E-state index contributed by atoms with van der Waals surface area (Å²) in [5.41, 5.74) is 3.53. The molecule has 0 bridgehead atoms. The van der Waals surface area contributed by atoms with Crippen LogP contribution in [0.15, 0.2) is 66.1 Å². The molecule has 0 aliphatic heterocycles. The van der Waals surface area contributed by atoms with E-state index in [9.17, 15) is 13.5 Å². The van der Waals surface area contributed by atoms with Gasteiger partial charge in [0, 0.05) is 16.1 Å². The third kappa shape index (κ3) is 3.96. The minimum Gasteiger partial charge on any atom is -0.390 e. The van der Waals surface area contributed by atoms with Gasteiger partial charge in [0.05, 0.1) is 23.7 Å². The van der Waals surface area contributed by atoms with Crippen LogP contribution in [0.1, 0.15) is 5.69 Å². The number of halogens is 1. The van der Waals surface area contributed by atoms with Crippen LogP contribution in [0.25, 0.3) is 22.4 Å². The fraction of sp³-hybridized carbons (Fsp3) is 0.105. The number of nitrogens with zero attached hydrogens (tertiary/aromatic N) is 2. The van der Waals surface area contributed by atoms with Crippen molar-refractivity contribution in [3.8, 4) is 22.4 Å². The lowest BCUT2D eigenvalue weighted by molar-refractivity contribution is 0.270. The first-order chi connectivity index (χ1) is 12.8. The summed E-state index contributed by atoms with van der Waals surface area (Å²) < 4.78 is 24.7. The third-order valence-corrected chi connectivity index (χ3v) is 5.28. The quantitative estimate of drug-likeness (QED) is 0.617. The SMILES string of the molecule is C=CCn1nc(-c2ccc(S(N)(=O)=O)cc2)c(-c2ccc(Cl)cc2)c1CO. The maximum atomic E-state index is 11.5. The lowest BCUT2D eigenvalue weighted by Crippen LogP contribution is -2.11. The van der Waals surface area contributed by atoms with Crippen molar-refractivity contribution < 1.29 is 13.5 Å². The molecule has 0 fully saturated rings. The second kappa shape index (κ2) is 7.66. The number of hydrogen-bond acceptors (Lipinski definition) is 4. The Hall–Kier alpha value is -2.45. The molecule has 0 radical (unpaired) electrons. The lowest BCUT2D eigenvalue weighted by atomic mass is 9.99. The van der Waals surface area contributed by atoms with E-state index in [2.05, 4.69) is 11.7 Å². The summed E-state index contributed by atoms with van der Waals surface area (Å²) in [7, 11) is -3.78. The van der Waals surface area contributed by atoms with Gasteiger partial charge in [0.25, 0.3) is 0 Å². The number of rotatable bonds is 6. The Morgan fingerprint density at radius 3 is 2.22 bits per heavy atom. The highest BCUT2D eigenvalue weighted by molar-refractivity contribution is 7.89. The number of aromatic nitrogens is 2. The fourth-order valence-electron chi connectivity index (χ4n) is 2.86. The topological polar surface area (TPSA) is 98.2 Å². The molecular formula is C19H18ClN3O3S. The van der Waals surface area contributed by atoms with E-state index >= 15 is 0 Å². The van der Waals surface area contributed by atoms with Gasteiger partial charge in [0.15, 0.2) is 0 Å². The second-order valence-corrected chi connectivity index (χ2v) is 7.87. The summed E-state index contributed by atoms with van der Waals surface area (Å²) in [6.07, 6.45) is 1.69. The number of allylic oxidation sites excluding steroid dienone is 1. The average Bonchev–Trinajstić information content (AvgIpc) is 3.00. The number of aliphatic hydroxyl groups is 1. The van der Waals surface area contributed by atoms with Gasteiger partial charge in [-0.15, -0.1) is 6.58 Å². The van der Waals surface area contributed by atoms with Crippen molar-refractivity contribution in [2.75, 3.05) is 0 Å². The Morgan fingerprint density at radius 2 is 1.70 bits per heavy atom. The van der Waals surface area contributed by atoms with E-state index < -0.39 is 10.0 Å². The summed E-state index contributed by atoms with van der Waals surface area (Å²) in [5, 5.41) is 20.3. The summed E-state index contributed by atoms with van der Waals surface area (Å²) in [6.45, 7) is 3.93. The smallest absolute Gasteiger partial charge is 0.238 e. The molecule has 3 N–H and O–H groups in total. The number of sulfonamides is 1. The van der Waals surface area contributed by atoms with Crippen LogP contribution in [0.5, 0.6) is 0 Å². The molecule has 0 saturated carbocycles. The first kappa shape index (κ1) is 19.3. The van der Waals surface area contributed by atoms with Crippen LogP contribution in [0.4, 0.5) is 0 Å². The molecule has 2 aromatic carbocycles. The molecular weight excluding hydrogens is 386 g/mol. The Labute approximate surface area is 162 Å². The highest BCUT2D eigenvalue weighted by Gasteiger charge is 2.20. The van der Waals surface area contributed by atoms with Crippen molar-refractivity contribution in [2.24, 2.45) is 5.14 Å². The van der Waals surface area contributed by atoms with Crippen LogP contribution in [-0.2, 0) is 23.2 Å². The van der Waals surface area contributed by atoms with Crippen LogP contribution in [0.2, 0.25) is 5.02 Å². The van der Waals surface area contributed by atoms with Gasteiger partial charge in [-0.3, -0.25) is 4.68 Å². The molecule has 8 heteroatoms. The zero-order chi connectivity index (χ0) is 19.6. The minimum atomic E-state index is -3.78. The van der Waals surface area contributed by atoms with Crippen molar-refractivity contribution in [3.05, 3.63) is 71.9 Å². The van der Waals surface area contributed by atoms with E-state index in [1.807, 2.05) is 12.1 Å². The van der Waals surface area contributed by atoms with Gasteiger partial charge in [-0.1, -0.05) is 41.9 Å². The average molecular weight is 404 g/mol. The second-order valence-electron chi connectivity index (χ2n) is 5.88. The van der Waals surface area contributed by atoms with Gasteiger partial charge in [-0.2, -0.15) is 5.10 Å². The van der Waals surface area contributed by atoms with E-state index in [0.717, 1.165) is 11.1 Å². The summed E-state index contributed by atoms with van der Waals surface area (Å²) in [6, 6.07) is 13.4. The summed E-state index contributed by atoms with van der Waals surface area (Å²) >= 11 is 5.99. The van der Waals surface area contributed by atoms with Crippen molar-refractivity contribution in [2.45, 2.75) is 18.0 Å². The van der Waals surface area contributed by atoms with Crippen molar-refractivity contribution in [1.29, 1.82) is 0 Å². The maximum Gasteiger partial charge on any atom is 0.238 e. The number of aliphatic hydroxyl groups excluding tert-OH is 1. The minimum absolute atomic E-state index is 0.0206. The molecule has 0 atom stereocenters. The molecule has 1 heterocycles. The van der Waals surface area contributed by atoms with Crippen molar-refractivity contribution in [3.63, 3.8) is 0 Å². The molecule has 6 nitrogen and oxygen atoms in total. The maximum absolute atomic E-state index is 11.5. The lowest BCUT2D eigenvalue weighted by Gasteiger charge is -2.07. The highest BCUT2D eigenvalue weighted by Crippen LogP contribution is 2.35. The van der Waals surface area contributed by atoms with Gasteiger partial charge in [0.2, 0.25) is 10.0 Å². The predicted octanol–water partition coefficient (Wildman–Crippen LogP) is 3.20. The Balaban J connectivity index is 2.22. The largest absolute Gasteiger partial charge is 0.390 e. The van der Waals surface area contributed by atoms with Crippen molar-refractivity contribution >= 4 is 21.6 Å². The first-order valence-corrected chi connectivity index (χ1v) is 9.98. The van der Waals surface area contributed by atoms with Crippen LogP contribution in [0, 0.1) is 0 Å². The Morgan fingerprint density at radius 1 is 1.11 bits per heavy atom. The summed E-state index contributed by atoms with van der Waals surface area (Å²) in [4.78, 5) is 0.0206. The van der Waals surface area contributed by atoms with Crippen LogP contribution in [-0.4, -0.2) is 23.3 Å². The molecule has 0 aliphatic rings. The Bertz CT molecular complexity index is 1070. The van der Waals surface area contributed by atoms with Crippen LogP contribution < -0.4 is 5.14 Å². The Kier molecular flexibility index (Phi) is 5.48. The number of benzene rings is 2. The molecule has 27 heavy (non-hydrogen) atoms. The molecule has 0 unspecified atom stereocenters. The predicted molar refractivity (Wildman–Crippen MR) is 106 cm³/mol. The first-order valence-electron chi connectivity index (χ1n) is 8.05. The zero-order valence-electron chi connectivity index (χ0n) is 14.3. The number of nitrogens with two attached hydrogens (primary N) is 1. The normalized spacial score (nSPS) is 11.5. The van der Waals surface area contributed by atoms with Gasteiger partial charge in [-0.05, 0) is 29.8 Å². The molecule has 0 spiro atoms. The van der Waals surface area contributed by atoms with Gasteiger partial charge < -0.3 is 5.11 Å². The standard InChI is InChI=1S/C19H18ClN3O3S/c1-2-11-23-17(12-24)18(13-3-7-15(20)8-4-13)19(22-23)14-5-9-16(10-6-14)27(21,25)26/h2-10,24H,1,11-12H2,(H2,21,25,26). The van der Waals surface area contributed by atoms with Gasteiger partial charge in [0.1, 0.15) is 5.69 Å². The zero-order valence-corrected chi connectivity index (χ0v) is 15.9. The van der Waals surface area contributed by atoms with E-state index in [4.69, 9.17) is 16.7 Å². The molecule has 1 aromatic heterocycles. The number of hydrogen-bond donors (Lipinski definition) is 2. The third-order valence-electron chi connectivity index (χ3n) is 4.10. The van der Waals surface area contributed by atoms with Crippen LogP contribution in [0.3, 0.4) is 0 Å². The molecule has 3 aromatic rings. The summed E-state index contributed by atoms with van der Waals surface area (Å²) in [5.74, 6) is 0. The van der Waals surface area contributed by atoms with Gasteiger partial charge in [-0.25, -0.2) is 13.6 Å². The van der Waals surface area contributed by atoms with E-state index in [1.54, 1.807) is 35.0 Å². The van der Waals surface area contributed by atoms with Crippen LogP contribution >= 0.6 is 11.6 Å².